The third-order valence-electron chi connectivity index (χ3n) is 15.5. The monoisotopic (exact) mass is 1100 g/mol. The van der Waals surface area contributed by atoms with Crippen molar-refractivity contribution in [2.75, 3.05) is 6.61 Å². The Balaban J connectivity index is 3.51. The Morgan fingerprint density at radius 3 is 0.835 bits per heavy atom. The van der Waals surface area contributed by atoms with Gasteiger partial charge in [0.05, 0.1) is 18.8 Å². The van der Waals surface area contributed by atoms with Crippen molar-refractivity contribution in [1.29, 1.82) is 0 Å². The molecule has 0 aromatic carbocycles. The van der Waals surface area contributed by atoms with E-state index in [0.29, 0.717) is 6.42 Å². The molecule has 0 aromatic rings. The average Bonchev–Trinajstić information content (AvgIpc) is 3.45. The maximum Gasteiger partial charge on any atom is 0.220 e. The molecule has 0 saturated heterocycles. The molecular formula is C75H133NO3. The SMILES string of the molecule is CC/C=C\C/C=C\C/C=C\C/C=C\C/C=C\C/C=C\C/C=C\C/C=C\CCCCCCCCCCCCCCCCC(=O)NC(CO)C(O)/C=C/CCCCCCCCCCCCCCCCCCCCCCCCCCCC. The van der Waals surface area contributed by atoms with Crippen LogP contribution in [0.25, 0.3) is 0 Å². The van der Waals surface area contributed by atoms with Crippen LogP contribution in [0.5, 0.6) is 0 Å². The Labute approximate surface area is 493 Å². The maximum atomic E-state index is 12.5. The Morgan fingerprint density at radius 1 is 0.316 bits per heavy atom. The Hall–Kier alpha value is -2.95. The lowest BCUT2D eigenvalue weighted by Gasteiger charge is -2.20. The molecule has 0 saturated carbocycles. The first-order valence-corrected chi connectivity index (χ1v) is 34.6. The van der Waals surface area contributed by atoms with Crippen molar-refractivity contribution < 1.29 is 15.0 Å². The third kappa shape index (κ3) is 65.7. The molecule has 0 bridgehead atoms. The summed E-state index contributed by atoms with van der Waals surface area (Å²) in [6.45, 7) is 4.22. The first-order valence-electron chi connectivity index (χ1n) is 34.6. The molecule has 0 aliphatic carbocycles. The molecule has 0 rings (SSSR count). The Morgan fingerprint density at radius 2 is 0.557 bits per heavy atom. The molecule has 79 heavy (non-hydrogen) atoms. The summed E-state index contributed by atoms with van der Waals surface area (Å²) in [5, 5.41) is 23.3. The highest BCUT2D eigenvalue weighted by Gasteiger charge is 2.18. The van der Waals surface area contributed by atoms with E-state index in [1.807, 2.05) is 6.08 Å². The number of aliphatic hydroxyl groups is 2. The minimum atomic E-state index is -0.846. The molecule has 2 atom stereocenters. The number of allylic oxidation sites excluding steroid dienone is 17. The predicted octanol–water partition coefficient (Wildman–Crippen LogP) is 23.8. The number of nitrogens with one attached hydrogen (secondary N) is 1. The van der Waals surface area contributed by atoms with E-state index >= 15 is 0 Å². The Kier molecular flexibility index (Phi) is 66.7. The van der Waals surface area contributed by atoms with Crippen LogP contribution in [0.2, 0.25) is 0 Å². The van der Waals surface area contributed by atoms with Gasteiger partial charge in [-0.15, -0.1) is 0 Å². The van der Waals surface area contributed by atoms with Crippen LogP contribution in [0.3, 0.4) is 0 Å². The summed E-state index contributed by atoms with van der Waals surface area (Å²) in [5.74, 6) is -0.0638. The van der Waals surface area contributed by atoms with Gasteiger partial charge in [0.15, 0.2) is 0 Å². The molecule has 0 radical (unpaired) electrons. The topological polar surface area (TPSA) is 69.6 Å². The fourth-order valence-corrected chi connectivity index (χ4v) is 10.3. The summed E-state index contributed by atoms with van der Waals surface area (Å²) in [4.78, 5) is 12.5. The van der Waals surface area contributed by atoms with E-state index in [1.54, 1.807) is 6.08 Å². The van der Waals surface area contributed by atoms with E-state index in [2.05, 4.69) is 116 Å². The number of carbonyl (C=O) groups is 1. The van der Waals surface area contributed by atoms with Gasteiger partial charge in [-0.25, -0.2) is 0 Å². The van der Waals surface area contributed by atoms with Gasteiger partial charge in [-0.1, -0.05) is 361 Å². The standard InChI is InChI=1S/C75H133NO3/c1-3-5-7-9-11-13-15-17-19-21-23-25-27-29-31-33-34-35-36-37-38-39-40-41-42-43-45-47-49-51-53-55-57-59-61-63-65-67-69-71-75(79)76-73(72-77)74(78)70-68-66-64-62-60-58-56-54-52-50-48-46-44-32-30-28-26-24-22-20-18-16-14-12-10-8-6-4-2/h5,7,11,13,17,19,23,25,29,31,34-35,37-38,40-41,68,70,73-74,77-78H,3-4,6,8-10,12,14-16,18,20-22,24,26-28,30,32-33,36,39,42-67,69,71-72H2,1-2H3,(H,76,79)/b7-5-,13-11-,19-17-,25-23-,31-29-,35-34-,38-37-,41-40-,70-68+. The van der Waals surface area contributed by atoms with E-state index in [0.717, 1.165) is 77.0 Å². The van der Waals surface area contributed by atoms with Crippen LogP contribution in [-0.2, 0) is 4.79 Å². The molecule has 0 heterocycles. The average molecular weight is 1100 g/mol. The molecule has 2 unspecified atom stereocenters. The highest BCUT2D eigenvalue weighted by Crippen LogP contribution is 2.18. The quantitative estimate of drug-likeness (QED) is 0.0420. The zero-order chi connectivity index (χ0) is 56.9. The predicted molar refractivity (Wildman–Crippen MR) is 354 cm³/mol. The molecule has 0 spiro atoms. The summed E-state index contributed by atoms with van der Waals surface area (Å²) in [5.41, 5.74) is 0. The van der Waals surface area contributed by atoms with Crippen LogP contribution >= 0.6 is 0 Å². The summed E-state index contributed by atoms with van der Waals surface area (Å²) in [6, 6.07) is -0.630. The molecule has 4 nitrogen and oxygen atoms in total. The van der Waals surface area contributed by atoms with E-state index in [9.17, 15) is 15.0 Å². The lowest BCUT2D eigenvalue weighted by atomic mass is 10.0. The van der Waals surface area contributed by atoms with Crippen molar-refractivity contribution in [1.82, 2.24) is 5.32 Å². The molecule has 4 heteroatoms. The van der Waals surface area contributed by atoms with E-state index in [4.69, 9.17) is 0 Å². The lowest BCUT2D eigenvalue weighted by molar-refractivity contribution is -0.123. The normalized spacial score (nSPS) is 13.4. The smallest absolute Gasteiger partial charge is 0.220 e. The van der Waals surface area contributed by atoms with Crippen LogP contribution in [-0.4, -0.2) is 34.9 Å². The number of amides is 1. The number of carbonyl (C=O) groups excluding carboxylic acids is 1. The van der Waals surface area contributed by atoms with Crippen LogP contribution in [0.15, 0.2) is 109 Å². The van der Waals surface area contributed by atoms with Gasteiger partial charge in [0.1, 0.15) is 0 Å². The summed E-state index contributed by atoms with van der Waals surface area (Å²) in [7, 11) is 0. The van der Waals surface area contributed by atoms with Crippen molar-refractivity contribution in [3.05, 3.63) is 109 Å². The van der Waals surface area contributed by atoms with Crippen molar-refractivity contribution in [3.63, 3.8) is 0 Å². The maximum absolute atomic E-state index is 12.5. The fourth-order valence-electron chi connectivity index (χ4n) is 10.3. The lowest BCUT2D eigenvalue weighted by Crippen LogP contribution is -2.45. The van der Waals surface area contributed by atoms with Gasteiger partial charge >= 0.3 is 0 Å². The van der Waals surface area contributed by atoms with E-state index < -0.39 is 12.1 Å². The van der Waals surface area contributed by atoms with E-state index in [-0.39, 0.29) is 12.5 Å². The number of aliphatic hydroxyl groups excluding tert-OH is 2. The molecule has 456 valence electrons. The zero-order valence-corrected chi connectivity index (χ0v) is 52.6. The van der Waals surface area contributed by atoms with Crippen LogP contribution < -0.4 is 5.32 Å². The molecule has 1 amide bonds. The minimum Gasteiger partial charge on any atom is -0.394 e. The van der Waals surface area contributed by atoms with Crippen molar-refractivity contribution >= 4 is 5.91 Å². The first-order chi connectivity index (χ1) is 39.2. The van der Waals surface area contributed by atoms with Gasteiger partial charge in [0.25, 0.3) is 0 Å². The number of hydrogen-bond donors (Lipinski definition) is 3. The summed E-state index contributed by atoms with van der Waals surface area (Å²) in [6.07, 6.45) is 104. The van der Waals surface area contributed by atoms with Crippen LogP contribution in [0, 0.1) is 0 Å². The molecule has 0 aliphatic rings. The summed E-state index contributed by atoms with van der Waals surface area (Å²) < 4.78 is 0. The number of hydrogen-bond acceptors (Lipinski definition) is 3. The Bertz CT molecular complexity index is 1480. The van der Waals surface area contributed by atoms with Gasteiger partial charge < -0.3 is 15.5 Å². The van der Waals surface area contributed by atoms with Crippen LogP contribution in [0.4, 0.5) is 0 Å². The van der Waals surface area contributed by atoms with Gasteiger partial charge in [-0.2, -0.15) is 0 Å². The van der Waals surface area contributed by atoms with Crippen molar-refractivity contribution in [2.45, 2.75) is 353 Å². The largest absolute Gasteiger partial charge is 0.394 e. The van der Waals surface area contributed by atoms with Gasteiger partial charge in [0, 0.05) is 6.42 Å². The van der Waals surface area contributed by atoms with Gasteiger partial charge in [-0.05, 0) is 83.5 Å². The van der Waals surface area contributed by atoms with Crippen LogP contribution in [0.1, 0.15) is 341 Å². The molecule has 0 aromatic heterocycles. The zero-order valence-electron chi connectivity index (χ0n) is 52.6. The third-order valence-corrected chi connectivity index (χ3v) is 15.5. The summed E-state index contributed by atoms with van der Waals surface area (Å²) >= 11 is 0. The molecule has 3 N–H and O–H groups in total. The van der Waals surface area contributed by atoms with E-state index in [1.165, 1.54) is 244 Å². The number of rotatable bonds is 63. The van der Waals surface area contributed by atoms with Gasteiger partial charge in [0.2, 0.25) is 5.91 Å². The fraction of sp³-hybridized carbons (Fsp3) is 0.747. The highest BCUT2D eigenvalue weighted by atomic mass is 16.3. The molecule has 0 aliphatic heterocycles. The second-order valence-electron chi connectivity index (χ2n) is 23.2. The second kappa shape index (κ2) is 69.3. The van der Waals surface area contributed by atoms with Crippen molar-refractivity contribution in [3.8, 4) is 0 Å². The number of unbranched alkanes of at least 4 members (excludes halogenated alkanes) is 40. The molecule has 0 fully saturated rings. The minimum absolute atomic E-state index is 0.0638. The molecular weight excluding hydrogens is 963 g/mol. The second-order valence-corrected chi connectivity index (χ2v) is 23.2. The first kappa shape index (κ1) is 76.0. The highest BCUT2D eigenvalue weighted by molar-refractivity contribution is 5.76. The van der Waals surface area contributed by atoms with Crippen molar-refractivity contribution in [2.24, 2.45) is 0 Å². The van der Waals surface area contributed by atoms with Gasteiger partial charge in [-0.3, -0.25) is 4.79 Å².